The molecule has 5 heteroatoms. The SMILES string of the molecule is c1ccc(-c2nc(-c3ccc(-c4c(-c5ccccc5)nn5c(-c6ccccc6)cc6ccccc6c45)cc3)cc(-c3cccc(-n4c5ccccc5c5ccccc54)c3)n2)cc1. The van der Waals surface area contributed by atoms with Crippen molar-refractivity contribution in [2.45, 2.75) is 0 Å². The van der Waals surface area contributed by atoms with Crippen LogP contribution >= 0.6 is 0 Å². The van der Waals surface area contributed by atoms with Crippen LogP contribution in [0.25, 0.3) is 111 Å². The van der Waals surface area contributed by atoms with Crippen LogP contribution in [0.15, 0.2) is 224 Å². The van der Waals surface area contributed by atoms with Gasteiger partial charge in [-0.15, -0.1) is 0 Å². The lowest BCUT2D eigenvalue weighted by Gasteiger charge is -2.13. The lowest BCUT2D eigenvalue weighted by Crippen LogP contribution is -1.98. The smallest absolute Gasteiger partial charge is 0.160 e. The summed E-state index contributed by atoms with van der Waals surface area (Å²) in [7, 11) is 0. The molecule has 0 aliphatic heterocycles. The molecular weight excluding hydrogens is 755 g/mol. The number of hydrogen-bond acceptors (Lipinski definition) is 3. The summed E-state index contributed by atoms with van der Waals surface area (Å²) in [5.41, 5.74) is 15.5. The van der Waals surface area contributed by atoms with Gasteiger partial charge < -0.3 is 4.57 Å². The highest BCUT2D eigenvalue weighted by Crippen LogP contribution is 2.42. The Morgan fingerprint density at radius 1 is 0.355 bits per heavy atom. The summed E-state index contributed by atoms with van der Waals surface area (Å²) in [5.74, 6) is 0.679. The van der Waals surface area contributed by atoms with Gasteiger partial charge in [-0.25, -0.2) is 14.5 Å². The first kappa shape index (κ1) is 35.5. The second-order valence-electron chi connectivity index (χ2n) is 15.7. The van der Waals surface area contributed by atoms with E-state index in [1.165, 1.54) is 27.2 Å². The number of pyridine rings is 1. The maximum atomic E-state index is 5.41. The van der Waals surface area contributed by atoms with Crippen LogP contribution in [-0.4, -0.2) is 24.1 Å². The van der Waals surface area contributed by atoms with Crippen LogP contribution in [0.3, 0.4) is 0 Å². The van der Waals surface area contributed by atoms with Gasteiger partial charge in [-0.05, 0) is 47.3 Å². The van der Waals surface area contributed by atoms with E-state index in [9.17, 15) is 0 Å². The summed E-state index contributed by atoms with van der Waals surface area (Å²) < 4.78 is 4.49. The Hall–Kier alpha value is -8.41. The fourth-order valence-electron chi connectivity index (χ4n) is 9.05. The van der Waals surface area contributed by atoms with Gasteiger partial charge in [-0.3, -0.25) is 0 Å². The van der Waals surface area contributed by atoms with Crippen molar-refractivity contribution in [1.29, 1.82) is 0 Å². The van der Waals surface area contributed by atoms with Crippen molar-refractivity contribution < 1.29 is 0 Å². The van der Waals surface area contributed by atoms with Crippen LogP contribution in [0.5, 0.6) is 0 Å². The van der Waals surface area contributed by atoms with Gasteiger partial charge in [0.15, 0.2) is 5.82 Å². The van der Waals surface area contributed by atoms with E-state index in [1.807, 2.05) is 18.2 Å². The van der Waals surface area contributed by atoms with E-state index >= 15 is 0 Å². The summed E-state index contributed by atoms with van der Waals surface area (Å²) in [6.45, 7) is 0. The molecule has 8 aromatic carbocycles. The molecule has 0 amide bonds. The number of para-hydroxylation sites is 2. The first-order valence-electron chi connectivity index (χ1n) is 20.9. The van der Waals surface area contributed by atoms with Crippen molar-refractivity contribution in [3.63, 3.8) is 0 Å². The molecule has 0 saturated carbocycles. The highest BCUT2D eigenvalue weighted by atomic mass is 15.2. The molecule has 0 spiro atoms. The zero-order valence-corrected chi connectivity index (χ0v) is 33.6. The Bertz CT molecular complexity index is 3550. The first-order chi connectivity index (χ1) is 30.7. The molecule has 4 aromatic heterocycles. The molecular formula is C57H37N5. The van der Waals surface area contributed by atoms with Gasteiger partial charge in [0.1, 0.15) is 5.69 Å². The molecule has 0 atom stereocenters. The predicted molar refractivity (Wildman–Crippen MR) is 255 cm³/mol. The topological polar surface area (TPSA) is 48.0 Å². The average Bonchev–Trinajstić information content (AvgIpc) is 3.92. The molecule has 12 aromatic rings. The second kappa shape index (κ2) is 14.7. The molecule has 0 aliphatic rings. The van der Waals surface area contributed by atoms with E-state index in [4.69, 9.17) is 15.1 Å². The molecule has 0 bridgehead atoms. The van der Waals surface area contributed by atoms with Gasteiger partial charge in [-0.2, -0.15) is 5.10 Å². The highest BCUT2D eigenvalue weighted by Gasteiger charge is 2.22. The van der Waals surface area contributed by atoms with Crippen LogP contribution in [-0.2, 0) is 0 Å². The Labute approximate surface area is 358 Å². The van der Waals surface area contributed by atoms with Crippen LogP contribution < -0.4 is 0 Å². The minimum atomic E-state index is 0.679. The monoisotopic (exact) mass is 791 g/mol. The molecule has 62 heavy (non-hydrogen) atoms. The normalized spacial score (nSPS) is 11.5. The van der Waals surface area contributed by atoms with Gasteiger partial charge in [0.05, 0.1) is 33.6 Å². The minimum Gasteiger partial charge on any atom is -0.309 e. The molecule has 0 unspecified atom stereocenters. The average molecular weight is 792 g/mol. The Morgan fingerprint density at radius 3 is 1.56 bits per heavy atom. The molecule has 4 heterocycles. The molecule has 290 valence electrons. The van der Waals surface area contributed by atoms with Crippen molar-refractivity contribution in [1.82, 2.24) is 24.1 Å². The Morgan fingerprint density at radius 2 is 0.887 bits per heavy atom. The van der Waals surface area contributed by atoms with Crippen LogP contribution in [0.4, 0.5) is 0 Å². The standard InChI is InChI=1S/C57H37N5/c1-4-17-39(18-5-1)53-36-43-23-10-11-26-46(43)56-54(55(60-62(53)56)41-19-6-2-7-20-41)40-33-31-38(32-34-40)49-37-50(59-57(58-49)42-21-8-3-9-22-42)44-24-16-25-45(35-44)61-51-29-14-12-27-47(51)48-28-13-15-30-52(48)61/h1-37H. The zero-order chi connectivity index (χ0) is 41.0. The molecule has 0 fully saturated rings. The van der Waals surface area contributed by atoms with E-state index < -0.39 is 0 Å². The maximum Gasteiger partial charge on any atom is 0.160 e. The summed E-state index contributed by atoms with van der Waals surface area (Å²) in [4.78, 5) is 10.4. The Kier molecular flexibility index (Phi) is 8.42. The fraction of sp³-hybridized carbons (Fsp3) is 0. The third kappa shape index (κ3) is 5.98. The van der Waals surface area contributed by atoms with E-state index in [1.54, 1.807) is 0 Å². The van der Waals surface area contributed by atoms with E-state index in [0.29, 0.717) is 5.82 Å². The van der Waals surface area contributed by atoms with Gasteiger partial charge in [-0.1, -0.05) is 188 Å². The number of hydrogen-bond donors (Lipinski definition) is 0. The number of nitrogens with zero attached hydrogens (tertiary/aromatic N) is 5. The second-order valence-corrected chi connectivity index (χ2v) is 15.7. The number of rotatable bonds is 7. The molecule has 0 saturated heterocycles. The summed E-state index contributed by atoms with van der Waals surface area (Å²) in [6.07, 6.45) is 0. The van der Waals surface area contributed by atoms with E-state index in [-0.39, 0.29) is 0 Å². The van der Waals surface area contributed by atoms with Gasteiger partial charge in [0, 0.05) is 55.2 Å². The summed E-state index contributed by atoms with van der Waals surface area (Å²) in [6, 6.07) is 79.0. The molecule has 0 radical (unpaired) electrons. The van der Waals surface area contributed by atoms with Crippen molar-refractivity contribution in [3.05, 3.63) is 224 Å². The van der Waals surface area contributed by atoms with Crippen LogP contribution in [0.1, 0.15) is 0 Å². The molecule has 5 nitrogen and oxygen atoms in total. The van der Waals surface area contributed by atoms with E-state index in [2.05, 4.69) is 215 Å². The molecule has 12 rings (SSSR count). The van der Waals surface area contributed by atoms with Crippen molar-refractivity contribution in [2.75, 3.05) is 0 Å². The summed E-state index contributed by atoms with van der Waals surface area (Å²) in [5, 5.41) is 10.2. The fourth-order valence-corrected chi connectivity index (χ4v) is 9.05. The predicted octanol–water partition coefficient (Wildman–Crippen LogP) is 14.4. The molecule has 0 aliphatic carbocycles. The quantitative estimate of drug-likeness (QED) is 0.162. The van der Waals surface area contributed by atoms with Crippen LogP contribution in [0, 0.1) is 0 Å². The summed E-state index contributed by atoms with van der Waals surface area (Å²) >= 11 is 0. The Balaban J connectivity index is 1.02. The van der Waals surface area contributed by atoms with Gasteiger partial charge >= 0.3 is 0 Å². The third-order valence-corrected chi connectivity index (χ3v) is 11.9. The lowest BCUT2D eigenvalue weighted by atomic mass is 9.95. The first-order valence-corrected chi connectivity index (χ1v) is 20.9. The van der Waals surface area contributed by atoms with Crippen molar-refractivity contribution in [3.8, 4) is 73.2 Å². The largest absolute Gasteiger partial charge is 0.309 e. The van der Waals surface area contributed by atoms with Crippen LogP contribution in [0.2, 0.25) is 0 Å². The van der Waals surface area contributed by atoms with Crippen molar-refractivity contribution in [2.24, 2.45) is 0 Å². The maximum absolute atomic E-state index is 5.41. The number of fused-ring (bicyclic) bond motifs is 6. The minimum absolute atomic E-state index is 0.679. The van der Waals surface area contributed by atoms with E-state index in [0.717, 1.165) is 78.3 Å². The van der Waals surface area contributed by atoms with Crippen molar-refractivity contribution >= 4 is 38.1 Å². The zero-order valence-electron chi connectivity index (χ0n) is 33.6. The van der Waals surface area contributed by atoms with Gasteiger partial charge in [0.2, 0.25) is 0 Å². The number of benzene rings is 8. The molecule has 0 N–H and O–H groups in total. The van der Waals surface area contributed by atoms with Gasteiger partial charge in [0.25, 0.3) is 0 Å². The highest BCUT2D eigenvalue weighted by molar-refractivity contribution is 6.10. The number of aromatic nitrogens is 5. The lowest BCUT2D eigenvalue weighted by molar-refractivity contribution is 0.979. The third-order valence-electron chi connectivity index (χ3n) is 11.9.